The number of methoxy groups -OCH3 is 1. The first-order chi connectivity index (χ1) is 7.51. The van der Waals surface area contributed by atoms with Crippen molar-refractivity contribution in [3.63, 3.8) is 0 Å². The van der Waals surface area contributed by atoms with Crippen LogP contribution in [0.1, 0.15) is 20.3 Å². The van der Waals surface area contributed by atoms with Crippen LogP contribution in [-0.4, -0.2) is 48.4 Å². The molecule has 1 aliphatic heterocycles. The Bertz CT molecular complexity index is 316. The SMILES string of the molecule is CCC1C(=O)NC(=O)CN1C(C)C(=O)OC. The number of carbonyl (C=O) groups is 3. The predicted molar refractivity (Wildman–Crippen MR) is 55.4 cm³/mol. The molecule has 90 valence electrons. The molecule has 1 N–H and O–H groups in total. The van der Waals surface area contributed by atoms with Crippen LogP contribution in [0.5, 0.6) is 0 Å². The van der Waals surface area contributed by atoms with Crippen LogP contribution in [0.15, 0.2) is 0 Å². The first-order valence-electron chi connectivity index (χ1n) is 5.18. The molecular weight excluding hydrogens is 212 g/mol. The fourth-order valence-corrected chi connectivity index (χ4v) is 1.82. The number of nitrogens with zero attached hydrogens (tertiary/aromatic N) is 1. The van der Waals surface area contributed by atoms with Crippen LogP contribution in [0, 0.1) is 0 Å². The van der Waals surface area contributed by atoms with E-state index in [2.05, 4.69) is 10.1 Å². The molecule has 2 amide bonds. The lowest BCUT2D eigenvalue weighted by Gasteiger charge is -2.36. The number of hydrogen-bond donors (Lipinski definition) is 1. The average molecular weight is 228 g/mol. The molecule has 16 heavy (non-hydrogen) atoms. The van der Waals surface area contributed by atoms with Crippen LogP contribution < -0.4 is 5.32 Å². The molecule has 6 heteroatoms. The quantitative estimate of drug-likeness (QED) is 0.510. The number of rotatable bonds is 3. The number of imide groups is 1. The van der Waals surface area contributed by atoms with Gasteiger partial charge >= 0.3 is 5.97 Å². The molecule has 0 aromatic carbocycles. The molecular formula is C10H16N2O4. The van der Waals surface area contributed by atoms with Gasteiger partial charge in [0, 0.05) is 0 Å². The van der Waals surface area contributed by atoms with E-state index in [-0.39, 0.29) is 18.4 Å². The molecule has 0 spiro atoms. The summed E-state index contributed by atoms with van der Waals surface area (Å²) in [5, 5.41) is 2.25. The van der Waals surface area contributed by atoms with E-state index in [0.29, 0.717) is 6.42 Å². The van der Waals surface area contributed by atoms with E-state index in [4.69, 9.17) is 0 Å². The summed E-state index contributed by atoms with van der Waals surface area (Å²) < 4.78 is 4.60. The number of esters is 1. The fourth-order valence-electron chi connectivity index (χ4n) is 1.82. The zero-order valence-electron chi connectivity index (χ0n) is 9.65. The van der Waals surface area contributed by atoms with E-state index >= 15 is 0 Å². The first-order valence-corrected chi connectivity index (χ1v) is 5.18. The summed E-state index contributed by atoms with van der Waals surface area (Å²) in [6.45, 7) is 3.50. The summed E-state index contributed by atoms with van der Waals surface area (Å²) in [5.74, 6) is -1.18. The highest BCUT2D eigenvalue weighted by atomic mass is 16.5. The summed E-state index contributed by atoms with van der Waals surface area (Å²) in [6, 6.07) is -1.04. The Labute approximate surface area is 93.9 Å². The first kappa shape index (κ1) is 12.6. The monoisotopic (exact) mass is 228 g/mol. The normalized spacial score (nSPS) is 23.8. The van der Waals surface area contributed by atoms with E-state index in [1.807, 2.05) is 6.92 Å². The lowest BCUT2D eigenvalue weighted by atomic mass is 10.1. The molecule has 0 aliphatic carbocycles. The Kier molecular flexibility index (Phi) is 4.00. The minimum absolute atomic E-state index is 0.0422. The van der Waals surface area contributed by atoms with Crippen molar-refractivity contribution in [1.82, 2.24) is 10.2 Å². The van der Waals surface area contributed by atoms with Crippen LogP contribution in [0.2, 0.25) is 0 Å². The van der Waals surface area contributed by atoms with Gasteiger partial charge in [0.15, 0.2) is 0 Å². The van der Waals surface area contributed by atoms with Crippen molar-refractivity contribution >= 4 is 17.8 Å². The molecule has 1 heterocycles. The van der Waals surface area contributed by atoms with Gasteiger partial charge in [-0.25, -0.2) is 0 Å². The highest BCUT2D eigenvalue weighted by Gasteiger charge is 2.37. The number of piperazine rings is 1. The van der Waals surface area contributed by atoms with Gasteiger partial charge in [0.05, 0.1) is 19.7 Å². The maximum Gasteiger partial charge on any atom is 0.322 e. The number of carbonyl (C=O) groups excluding carboxylic acids is 3. The lowest BCUT2D eigenvalue weighted by molar-refractivity contribution is -0.152. The second-order valence-corrected chi connectivity index (χ2v) is 3.71. The number of hydrogen-bond acceptors (Lipinski definition) is 5. The van der Waals surface area contributed by atoms with Crippen molar-refractivity contribution in [1.29, 1.82) is 0 Å². The van der Waals surface area contributed by atoms with Crippen molar-refractivity contribution in [2.45, 2.75) is 32.4 Å². The van der Waals surface area contributed by atoms with Gasteiger partial charge in [0.25, 0.3) is 0 Å². The van der Waals surface area contributed by atoms with Gasteiger partial charge in [-0.1, -0.05) is 6.92 Å². The molecule has 1 rings (SSSR count). The van der Waals surface area contributed by atoms with Gasteiger partial charge in [0.2, 0.25) is 11.8 Å². The van der Waals surface area contributed by atoms with Gasteiger partial charge in [-0.3, -0.25) is 24.6 Å². The predicted octanol–water partition coefficient (Wildman–Crippen LogP) is -0.715. The Morgan fingerprint density at radius 2 is 2.25 bits per heavy atom. The highest BCUT2D eigenvalue weighted by Crippen LogP contribution is 2.13. The molecule has 6 nitrogen and oxygen atoms in total. The molecule has 1 fully saturated rings. The summed E-state index contributed by atoms with van der Waals surface area (Å²) in [7, 11) is 1.28. The van der Waals surface area contributed by atoms with Crippen LogP contribution in [0.25, 0.3) is 0 Å². The number of ether oxygens (including phenoxy) is 1. The smallest absolute Gasteiger partial charge is 0.322 e. The Morgan fingerprint density at radius 1 is 1.62 bits per heavy atom. The molecule has 2 unspecified atom stereocenters. The van der Waals surface area contributed by atoms with E-state index in [1.165, 1.54) is 7.11 Å². The number of amides is 2. The third-order valence-electron chi connectivity index (χ3n) is 2.72. The summed E-state index contributed by atoms with van der Waals surface area (Å²) in [4.78, 5) is 35.7. The van der Waals surface area contributed by atoms with Crippen LogP contribution in [0.3, 0.4) is 0 Å². The zero-order chi connectivity index (χ0) is 12.3. The Hall–Kier alpha value is -1.43. The maximum atomic E-state index is 11.5. The molecule has 0 aromatic rings. The zero-order valence-corrected chi connectivity index (χ0v) is 9.65. The largest absolute Gasteiger partial charge is 0.468 e. The Morgan fingerprint density at radius 3 is 2.75 bits per heavy atom. The van der Waals surface area contributed by atoms with Gasteiger partial charge in [-0.15, -0.1) is 0 Å². The third kappa shape index (κ3) is 2.38. The van der Waals surface area contributed by atoms with Crippen molar-refractivity contribution in [2.24, 2.45) is 0 Å². The van der Waals surface area contributed by atoms with Crippen molar-refractivity contribution < 1.29 is 19.1 Å². The molecule has 0 radical (unpaired) electrons. The highest BCUT2D eigenvalue weighted by molar-refractivity contribution is 6.01. The number of nitrogens with one attached hydrogen (secondary N) is 1. The molecule has 0 aromatic heterocycles. The summed E-state index contributed by atoms with van der Waals surface area (Å²) >= 11 is 0. The van der Waals surface area contributed by atoms with Gasteiger partial charge in [0.1, 0.15) is 6.04 Å². The van der Waals surface area contributed by atoms with Crippen LogP contribution in [-0.2, 0) is 19.1 Å². The lowest BCUT2D eigenvalue weighted by Crippen LogP contribution is -2.61. The fraction of sp³-hybridized carbons (Fsp3) is 0.700. The molecule has 1 saturated heterocycles. The van der Waals surface area contributed by atoms with Crippen molar-refractivity contribution in [2.75, 3.05) is 13.7 Å². The topological polar surface area (TPSA) is 75.7 Å². The molecule has 0 saturated carbocycles. The van der Waals surface area contributed by atoms with Gasteiger partial charge in [-0.05, 0) is 13.3 Å². The van der Waals surface area contributed by atoms with E-state index in [9.17, 15) is 14.4 Å². The van der Waals surface area contributed by atoms with Gasteiger partial charge < -0.3 is 4.74 Å². The van der Waals surface area contributed by atoms with Crippen molar-refractivity contribution in [3.05, 3.63) is 0 Å². The van der Waals surface area contributed by atoms with Crippen molar-refractivity contribution in [3.8, 4) is 0 Å². The van der Waals surface area contributed by atoms with Crippen LogP contribution >= 0.6 is 0 Å². The van der Waals surface area contributed by atoms with Gasteiger partial charge in [-0.2, -0.15) is 0 Å². The van der Waals surface area contributed by atoms with E-state index in [0.717, 1.165) is 0 Å². The summed E-state index contributed by atoms with van der Waals surface area (Å²) in [5.41, 5.74) is 0. The van der Waals surface area contributed by atoms with E-state index < -0.39 is 18.1 Å². The van der Waals surface area contributed by atoms with Crippen LogP contribution in [0.4, 0.5) is 0 Å². The minimum Gasteiger partial charge on any atom is -0.468 e. The molecule has 0 bridgehead atoms. The standard InChI is InChI=1S/C10H16N2O4/c1-4-7-9(14)11-8(13)5-12(7)6(2)10(15)16-3/h6-7H,4-5H2,1-3H3,(H,11,13,14). The maximum absolute atomic E-state index is 11.5. The van der Waals surface area contributed by atoms with E-state index in [1.54, 1.807) is 11.8 Å². The minimum atomic E-state index is -0.593. The second-order valence-electron chi connectivity index (χ2n) is 3.71. The second kappa shape index (κ2) is 5.07. The third-order valence-corrected chi connectivity index (χ3v) is 2.72. The Balaban J connectivity index is 2.85. The summed E-state index contributed by atoms with van der Waals surface area (Å²) in [6.07, 6.45) is 0.542. The molecule has 2 atom stereocenters. The molecule has 1 aliphatic rings. The average Bonchev–Trinajstić information content (AvgIpc) is 2.26.